The lowest BCUT2D eigenvalue weighted by Crippen LogP contribution is -2.37. The fourth-order valence-corrected chi connectivity index (χ4v) is 2.05. The van der Waals surface area contributed by atoms with Gasteiger partial charge in [-0.1, -0.05) is 26.0 Å². The minimum Gasteiger partial charge on any atom is -0.484 e. The van der Waals surface area contributed by atoms with Crippen LogP contribution in [0.25, 0.3) is 0 Å². The predicted molar refractivity (Wildman–Crippen MR) is 81.8 cm³/mol. The number of amides is 1. The number of carbonyl (C=O) groups is 1. The van der Waals surface area contributed by atoms with Gasteiger partial charge in [0.15, 0.2) is 6.61 Å². The van der Waals surface area contributed by atoms with Crippen LogP contribution in [0.15, 0.2) is 24.3 Å². The molecule has 0 spiro atoms. The van der Waals surface area contributed by atoms with Crippen molar-refractivity contribution < 1.29 is 9.53 Å². The minimum absolute atomic E-state index is 0.0537. The molecular weight excluding hydrogens is 252 g/mol. The maximum absolute atomic E-state index is 11.8. The van der Waals surface area contributed by atoms with Crippen molar-refractivity contribution >= 4 is 5.91 Å². The molecule has 0 saturated carbocycles. The topological polar surface area (TPSA) is 64.3 Å². The summed E-state index contributed by atoms with van der Waals surface area (Å²) in [7, 11) is 0. The first-order valence-electron chi connectivity index (χ1n) is 7.31. The van der Waals surface area contributed by atoms with E-state index in [4.69, 9.17) is 10.5 Å². The van der Waals surface area contributed by atoms with E-state index in [0.717, 1.165) is 24.8 Å². The van der Waals surface area contributed by atoms with Crippen LogP contribution in [0.2, 0.25) is 0 Å². The van der Waals surface area contributed by atoms with Gasteiger partial charge in [-0.25, -0.2) is 0 Å². The monoisotopic (exact) mass is 278 g/mol. The Balaban J connectivity index is 2.46. The third kappa shape index (κ3) is 6.06. The highest BCUT2D eigenvalue weighted by molar-refractivity contribution is 5.77. The lowest BCUT2D eigenvalue weighted by atomic mass is 10.1. The van der Waals surface area contributed by atoms with Crippen molar-refractivity contribution in [3.05, 3.63) is 29.8 Å². The quantitative estimate of drug-likeness (QED) is 0.766. The number of carbonyl (C=O) groups excluding carboxylic acids is 1. The Kier molecular flexibility index (Phi) is 7.09. The third-order valence-corrected chi connectivity index (χ3v) is 3.18. The first-order chi connectivity index (χ1) is 9.55. The zero-order chi connectivity index (χ0) is 15.0. The summed E-state index contributed by atoms with van der Waals surface area (Å²) < 4.78 is 5.53. The molecule has 20 heavy (non-hydrogen) atoms. The Morgan fingerprint density at radius 1 is 1.35 bits per heavy atom. The van der Waals surface area contributed by atoms with Crippen LogP contribution in [0.1, 0.15) is 39.2 Å². The molecule has 4 heteroatoms. The van der Waals surface area contributed by atoms with Crippen LogP contribution in [0, 0.1) is 0 Å². The summed E-state index contributed by atoms with van der Waals surface area (Å²) in [6.45, 7) is 6.15. The van der Waals surface area contributed by atoms with Gasteiger partial charge in [-0.15, -0.1) is 0 Å². The van der Waals surface area contributed by atoms with Crippen LogP contribution in [0.3, 0.4) is 0 Å². The van der Waals surface area contributed by atoms with Crippen LogP contribution in [-0.2, 0) is 11.2 Å². The molecular formula is C16H26N2O2. The van der Waals surface area contributed by atoms with Gasteiger partial charge in [0, 0.05) is 12.1 Å². The largest absolute Gasteiger partial charge is 0.484 e. The van der Waals surface area contributed by atoms with E-state index in [1.54, 1.807) is 0 Å². The van der Waals surface area contributed by atoms with Gasteiger partial charge < -0.3 is 15.8 Å². The third-order valence-electron chi connectivity index (χ3n) is 3.18. The molecule has 0 aliphatic heterocycles. The first kappa shape index (κ1) is 16.5. The number of ether oxygens (including phenoxy) is 1. The molecule has 0 saturated heterocycles. The Bertz CT molecular complexity index is 415. The average molecular weight is 278 g/mol. The molecule has 0 radical (unpaired) electrons. The van der Waals surface area contributed by atoms with E-state index < -0.39 is 0 Å². The molecule has 1 aromatic carbocycles. The first-order valence-corrected chi connectivity index (χ1v) is 7.31. The number of benzene rings is 1. The van der Waals surface area contributed by atoms with Crippen LogP contribution >= 0.6 is 0 Å². The predicted octanol–water partition coefficient (Wildman–Crippen LogP) is 2.26. The second-order valence-corrected chi connectivity index (χ2v) is 5.20. The zero-order valence-electron chi connectivity index (χ0n) is 12.7. The van der Waals surface area contributed by atoms with E-state index >= 15 is 0 Å². The Morgan fingerprint density at radius 2 is 2.05 bits per heavy atom. The Morgan fingerprint density at radius 3 is 2.65 bits per heavy atom. The number of hydrogen-bond acceptors (Lipinski definition) is 3. The van der Waals surface area contributed by atoms with Gasteiger partial charge in [-0.3, -0.25) is 4.79 Å². The van der Waals surface area contributed by atoms with Crippen LogP contribution in [0.5, 0.6) is 5.75 Å². The second kappa shape index (κ2) is 8.59. The van der Waals surface area contributed by atoms with Crippen LogP contribution in [0.4, 0.5) is 0 Å². The van der Waals surface area contributed by atoms with Crippen LogP contribution < -0.4 is 15.8 Å². The van der Waals surface area contributed by atoms with Gasteiger partial charge in [-0.05, 0) is 43.9 Å². The molecule has 1 amide bonds. The summed E-state index contributed by atoms with van der Waals surface area (Å²) in [5.41, 5.74) is 6.90. The molecule has 0 aliphatic carbocycles. The van der Waals surface area contributed by atoms with E-state index in [-0.39, 0.29) is 24.6 Å². The summed E-state index contributed by atoms with van der Waals surface area (Å²) >= 11 is 0. The molecule has 0 aliphatic rings. The number of hydrogen-bond donors (Lipinski definition) is 2. The molecule has 0 heterocycles. The lowest BCUT2D eigenvalue weighted by molar-refractivity contribution is -0.123. The molecule has 3 N–H and O–H groups in total. The van der Waals surface area contributed by atoms with Crippen molar-refractivity contribution in [2.45, 2.75) is 52.1 Å². The van der Waals surface area contributed by atoms with Crippen molar-refractivity contribution in [1.29, 1.82) is 0 Å². The SMILES string of the molecule is CCC(CC)NC(=O)COc1cccc(CC(C)N)c1. The molecule has 0 aromatic heterocycles. The zero-order valence-corrected chi connectivity index (χ0v) is 12.7. The molecule has 4 nitrogen and oxygen atoms in total. The fraction of sp³-hybridized carbons (Fsp3) is 0.562. The van der Waals surface area contributed by atoms with E-state index in [0.29, 0.717) is 5.75 Å². The average Bonchev–Trinajstić information content (AvgIpc) is 2.42. The van der Waals surface area contributed by atoms with E-state index in [9.17, 15) is 4.79 Å². The van der Waals surface area contributed by atoms with Crippen LogP contribution in [-0.4, -0.2) is 24.6 Å². The van der Waals surface area contributed by atoms with Gasteiger partial charge >= 0.3 is 0 Å². The number of nitrogens with one attached hydrogen (secondary N) is 1. The molecule has 1 rings (SSSR count). The molecule has 1 atom stereocenters. The van der Waals surface area contributed by atoms with E-state index in [1.807, 2.05) is 31.2 Å². The summed E-state index contributed by atoms with van der Waals surface area (Å²) in [5.74, 6) is 0.638. The van der Waals surface area contributed by atoms with Crippen molar-refractivity contribution in [2.75, 3.05) is 6.61 Å². The van der Waals surface area contributed by atoms with E-state index in [2.05, 4.69) is 19.2 Å². The molecule has 112 valence electrons. The highest BCUT2D eigenvalue weighted by atomic mass is 16.5. The Labute approximate surface area is 121 Å². The molecule has 0 bridgehead atoms. The van der Waals surface area contributed by atoms with E-state index in [1.165, 1.54) is 0 Å². The smallest absolute Gasteiger partial charge is 0.258 e. The van der Waals surface area contributed by atoms with Crippen molar-refractivity contribution in [2.24, 2.45) is 5.73 Å². The summed E-state index contributed by atoms with van der Waals surface area (Å²) in [6, 6.07) is 8.08. The summed E-state index contributed by atoms with van der Waals surface area (Å²) in [6.07, 6.45) is 2.68. The number of rotatable bonds is 8. The van der Waals surface area contributed by atoms with Gasteiger partial charge in [0.25, 0.3) is 5.91 Å². The van der Waals surface area contributed by atoms with Gasteiger partial charge in [0.1, 0.15) is 5.75 Å². The second-order valence-electron chi connectivity index (χ2n) is 5.20. The molecule has 0 fully saturated rings. The van der Waals surface area contributed by atoms with Gasteiger partial charge in [0.2, 0.25) is 0 Å². The molecule has 1 unspecified atom stereocenters. The number of nitrogens with two attached hydrogens (primary N) is 1. The fourth-order valence-electron chi connectivity index (χ4n) is 2.05. The van der Waals surface area contributed by atoms with Gasteiger partial charge in [0.05, 0.1) is 0 Å². The Hall–Kier alpha value is -1.55. The standard InChI is InChI=1S/C16H26N2O2/c1-4-14(5-2)18-16(19)11-20-15-8-6-7-13(10-15)9-12(3)17/h6-8,10,12,14H,4-5,9,11,17H2,1-3H3,(H,18,19). The van der Waals surface area contributed by atoms with Crippen molar-refractivity contribution in [3.63, 3.8) is 0 Å². The maximum Gasteiger partial charge on any atom is 0.258 e. The minimum atomic E-state index is -0.0729. The highest BCUT2D eigenvalue weighted by Crippen LogP contribution is 2.14. The van der Waals surface area contributed by atoms with Crippen molar-refractivity contribution in [3.8, 4) is 5.75 Å². The summed E-state index contributed by atoms with van der Waals surface area (Å²) in [5, 5.41) is 2.95. The normalized spacial score (nSPS) is 12.2. The maximum atomic E-state index is 11.8. The van der Waals surface area contributed by atoms with Gasteiger partial charge in [-0.2, -0.15) is 0 Å². The summed E-state index contributed by atoms with van der Waals surface area (Å²) in [4.78, 5) is 11.8. The lowest BCUT2D eigenvalue weighted by Gasteiger charge is -2.15. The van der Waals surface area contributed by atoms with Crippen molar-refractivity contribution in [1.82, 2.24) is 5.32 Å². The molecule has 1 aromatic rings. The highest BCUT2D eigenvalue weighted by Gasteiger charge is 2.09.